The van der Waals surface area contributed by atoms with Gasteiger partial charge in [-0.1, -0.05) is 28.1 Å². The third kappa shape index (κ3) is 3.03. The zero-order chi connectivity index (χ0) is 17.6. The van der Waals surface area contributed by atoms with Crippen molar-refractivity contribution in [2.24, 2.45) is 0 Å². The highest BCUT2D eigenvalue weighted by atomic mass is 79.9. The molecule has 130 valence electrons. The monoisotopic (exact) mass is 404 g/mol. The summed E-state index contributed by atoms with van der Waals surface area (Å²) in [4.78, 5) is 13.4. The quantitative estimate of drug-likeness (QED) is 0.507. The molecule has 2 unspecified atom stereocenters. The van der Waals surface area contributed by atoms with E-state index in [1.54, 1.807) is 6.07 Å². The lowest BCUT2D eigenvalue weighted by atomic mass is 9.84. The molecule has 4 rings (SSSR count). The Morgan fingerprint density at radius 1 is 1.08 bits per heavy atom. The molecule has 0 aromatic heterocycles. The van der Waals surface area contributed by atoms with Gasteiger partial charge in [-0.25, -0.2) is 4.39 Å². The van der Waals surface area contributed by atoms with Crippen LogP contribution in [0, 0.1) is 15.9 Å². The summed E-state index contributed by atoms with van der Waals surface area (Å²) in [6.45, 7) is 0. The normalized spacial score (nSPS) is 25.2. The van der Waals surface area contributed by atoms with Crippen LogP contribution in [0.5, 0.6) is 0 Å². The maximum atomic E-state index is 13.2. The van der Waals surface area contributed by atoms with Gasteiger partial charge >= 0.3 is 0 Å². The van der Waals surface area contributed by atoms with Gasteiger partial charge in [-0.3, -0.25) is 10.1 Å². The maximum absolute atomic E-state index is 13.2. The van der Waals surface area contributed by atoms with Crippen LogP contribution in [0.2, 0.25) is 0 Å². The summed E-state index contributed by atoms with van der Waals surface area (Å²) in [7, 11) is 0. The lowest BCUT2D eigenvalue weighted by molar-refractivity contribution is -0.384. The van der Waals surface area contributed by atoms with E-state index in [4.69, 9.17) is 0 Å². The van der Waals surface area contributed by atoms with E-state index in [0.29, 0.717) is 18.0 Å². The molecule has 0 aliphatic carbocycles. The van der Waals surface area contributed by atoms with E-state index in [-0.39, 0.29) is 16.4 Å². The van der Waals surface area contributed by atoms with Crippen molar-refractivity contribution >= 4 is 27.3 Å². The number of rotatable bonds is 3. The Hall–Kier alpha value is -1.95. The van der Waals surface area contributed by atoms with Crippen molar-refractivity contribution in [2.45, 2.75) is 43.7 Å². The molecule has 0 radical (unpaired) electrons. The van der Waals surface area contributed by atoms with Crippen LogP contribution >= 0.6 is 15.9 Å². The molecule has 2 bridgehead atoms. The molecule has 6 heteroatoms. The van der Waals surface area contributed by atoms with E-state index in [1.807, 2.05) is 24.3 Å². The van der Waals surface area contributed by atoms with E-state index >= 15 is 0 Å². The van der Waals surface area contributed by atoms with Crippen molar-refractivity contribution in [1.29, 1.82) is 0 Å². The topological polar surface area (TPSA) is 46.4 Å². The zero-order valence-electron chi connectivity index (χ0n) is 13.6. The maximum Gasteiger partial charge on any atom is 0.293 e. The summed E-state index contributed by atoms with van der Waals surface area (Å²) in [6.07, 6.45) is 4.01. The Bertz CT molecular complexity index is 798. The van der Waals surface area contributed by atoms with Gasteiger partial charge in [0.25, 0.3) is 5.69 Å². The Labute approximate surface area is 153 Å². The molecule has 2 aliphatic rings. The number of halogens is 2. The summed E-state index contributed by atoms with van der Waals surface area (Å²) in [5.41, 5.74) is 2.05. The number of anilines is 1. The first-order valence-corrected chi connectivity index (χ1v) is 9.30. The summed E-state index contributed by atoms with van der Waals surface area (Å²) in [5.74, 6) is 0.179. The highest BCUT2D eigenvalue weighted by molar-refractivity contribution is 9.10. The number of piperidine rings is 1. The molecule has 2 atom stereocenters. The van der Waals surface area contributed by atoms with Crippen molar-refractivity contribution < 1.29 is 9.31 Å². The van der Waals surface area contributed by atoms with Crippen LogP contribution in [-0.4, -0.2) is 17.0 Å². The van der Waals surface area contributed by atoms with E-state index in [2.05, 4.69) is 20.8 Å². The molecule has 25 heavy (non-hydrogen) atoms. The van der Waals surface area contributed by atoms with E-state index in [0.717, 1.165) is 35.8 Å². The van der Waals surface area contributed by atoms with E-state index < -0.39 is 0 Å². The molecular weight excluding hydrogens is 387 g/mol. The van der Waals surface area contributed by atoms with E-state index in [1.165, 1.54) is 17.7 Å². The second kappa shape index (κ2) is 6.41. The molecule has 2 aromatic rings. The van der Waals surface area contributed by atoms with Gasteiger partial charge in [0.15, 0.2) is 0 Å². The molecule has 2 aromatic carbocycles. The zero-order valence-corrected chi connectivity index (χ0v) is 15.2. The number of fused-ring (bicyclic) bond motifs is 2. The van der Waals surface area contributed by atoms with Crippen LogP contribution in [0.1, 0.15) is 37.2 Å². The van der Waals surface area contributed by atoms with Crippen LogP contribution < -0.4 is 4.90 Å². The second-order valence-electron chi connectivity index (χ2n) is 6.90. The second-order valence-corrected chi connectivity index (χ2v) is 7.82. The summed E-state index contributed by atoms with van der Waals surface area (Å²) in [6, 6.07) is 12.7. The molecule has 4 nitrogen and oxygen atoms in total. The minimum Gasteiger partial charge on any atom is -0.360 e. The van der Waals surface area contributed by atoms with Gasteiger partial charge in [0.2, 0.25) is 0 Å². The van der Waals surface area contributed by atoms with Gasteiger partial charge in [-0.2, -0.15) is 0 Å². The highest BCUT2D eigenvalue weighted by Crippen LogP contribution is 2.47. The van der Waals surface area contributed by atoms with Gasteiger partial charge in [0, 0.05) is 22.6 Å². The van der Waals surface area contributed by atoms with Gasteiger partial charge < -0.3 is 4.90 Å². The third-order valence-electron chi connectivity index (χ3n) is 5.49. The molecule has 2 heterocycles. The Morgan fingerprint density at radius 2 is 1.72 bits per heavy atom. The predicted octanol–water partition coefficient (Wildman–Crippen LogP) is 5.41. The number of nitro benzene ring substituents is 1. The fraction of sp³-hybridized carbons (Fsp3) is 0.368. The predicted molar refractivity (Wildman–Crippen MR) is 98.5 cm³/mol. The van der Waals surface area contributed by atoms with Crippen molar-refractivity contribution in [3.05, 3.63) is 68.4 Å². The SMILES string of the molecule is O=[N+]([O-])c1cc(Br)ccc1N1C2CCC1CC(c1ccc(F)cc1)C2. The molecule has 0 amide bonds. The van der Waals surface area contributed by atoms with Crippen LogP contribution in [0.25, 0.3) is 0 Å². The number of hydrogen-bond donors (Lipinski definition) is 0. The molecule has 2 aliphatic heterocycles. The summed E-state index contributed by atoms with van der Waals surface area (Å²) < 4.78 is 13.9. The van der Waals surface area contributed by atoms with Crippen LogP contribution in [-0.2, 0) is 0 Å². The van der Waals surface area contributed by atoms with Crippen LogP contribution in [0.4, 0.5) is 15.8 Å². The lowest BCUT2D eigenvalue weighted by Gasteiger charge is -2.40. The number of nitrogens with zero attached hydrogens (tertiary/aromatic N) is 2. The van der Waals surface area contributed by atoms with Crippen LogP contribution in [0.15, 0.2) is 46.9 Å². The fourth-order valence-electron chi connectivity index (χ4n) is 4.44. The summed E-state index contributed by atoms with van der Waals surface area (Å²) in [5, 5.41) is 11.5. The van der Waals surface area contributed by atoms with Crippen molar-refractivity contribution in [3.63, 3.8) is 0 Å². The first-order valence-electron chi connectivity index (χ1n) is 8.50. The van der Waals surface area contributed by atoms with Gasteiger partial charge in [0.05, 0.1) is 4.92 Å². The molecule has 0 N–H and O–H groups in total. The average Bonchev–Trinajstić information content (AvgIpc) is 2.85. The van der Waals surface area contributed by atoms with E-state index in [9.17, 15) is 14.5 Å². The minimum atomic E-state index is -0.300. The molecule has 0 saturated carbocycles. The highest BCUT2D eigenvalue weighted by Gasteiger charge is 2.43. The molecule has 2 saturated heterocycles. The summed E-state index contributed by atoms with van der Waals surface area (Å²) >= 11 is 3.33. The number of hydrogen-bond acceptors (Lipinski definition) is 3. The molecular formula is C19H18BrFN2O2. The Kier molecular flexibility index (Phi) is 4.23. The van der Waals surface area contributed by atoms with Crippen LogP contribution in [0.3, 0.4) is 0 Å². The first-order chi connectivity index (χ1) is 12.0. The molecule has 0 spiro atoms. The number of nitro groups is 1. The van der Waals surface area contributed by atoms with Gasteiger partial charge in [-0.15, -0.1) is 0 Å². The van der Waals surface area contributed by atoms with Gasteiger partial charge in [-0.05, 0) is 61.4 Å². The van der Waals surface area contributed by atoms with Crippen molar-refractivity contribution in [3.8, 4) is 0 Å². The first kappa shape index (κ1) is 16.5. The standard InChI is InChI=1S/C19H18BrFN2O2/c20-14-3-8-18(19(11-14)23(24)25)22-16-6-7-17(22)10-13(9-16)12-1-4-15(21)5-2-12/h1-5,8,11,13,16-17H,6-7,9-10H2. The Balaban J connectivity index is 1.63. The third-order valence-corrected chi connectivity index (χ3v) is 5.98. The lowest BCUT2D eigenvalue weighted by Crippen LogP contribution is -2.42. The fourth-order valence-corrected chi connectivity index (χ4v) is 4.79. The Morgan fingerprint density at radius 3 is 2.32 bits per heavy atom. The van der Waals surface area contributed by atoms with Crippen molar-refractivity contribution in [2.75, 3.05) is 4.90 Å². The molecule has 2 fully saturated rings. The number of benzene rings is 2. The largest absolute Gasteiger partial charge is 0.360 e. The van der Waals surface area contributed by atoms with Gasteiger partial charge in [0.1, 0.15) is 11.5 Å². The van der Waals surface area contributed by atoms with Crippen molar-refractivity contribution in [1.82, 2.24) is 0 Å². The smallest absolute Gasteiger partial charge is 0.293 e. The minimum absolute atomic E-state index is 0.159. The average molecular weight is 405 g/mol.